The van der Waals surface area contributed by atoms with Crippen LogP contribution in [0.5, 0.6) is 0 Å². The summed E-state index contributed by atoms with van der Waals surface area (Å²) in [6.07, 6.45) is 3.20. The summed E-state index contributed by atoms with van der Waals surface area (Å²) >= 11 is 7.31. The van der Waals surface area contributed by atoms with E-state index in [1.54, 1.807) is 6.07 Å². The summed E-state index contributed by atoms with van der Waals surface area (Å²) in [4.78, 5) is 5.41. The van der Waals surface area contributed by atoms with Crippen LogP contribution in [0.4, 0.5) is 0 Å². The molecule has 9 heteroatoms. The lowest BCUT2D eigenvalue weighted by Gasteiger charge is -2.14. The van der Waals surface area contributed by atoms with Gasteiger partial charge in [0.15, 0.2) is 5.96 Å². The van der Waals surface area contributed by atoms with Gasteiger partial charge in [0.1, 0.15) is 6.10 Å². The Hall–Kier alpha value is -1.62. The summed E-state index contributed by atoms with van der Waals surface area (Å²) in [6, 6.07) is 13.8. The van der Waals surface area contributed by atoms with Gasteiger partial charge in [-0.25, -0.2) is 4.99 Å². The number of nitrogens with zero attached hydrogens (tertiary/aromatic N) is 3. The van der Waals surface area contributed by atoms with Gasteiger partial charge in [-0.05, 0) is 24.6 Å². The highest BCUT2D eigenvalue weighted by Crippen LogP contribution is 2.26. The fourth-order valence-electron chi connectivity index (χ4n) is 2.66. The Bertz CT molecular complexity index is 899. The molecule has 0 amide bonds. The second-order valence-electron chi connectivity index (χ2n) is 6.27. The summed E-state index contributed by atoms with van der Waals surface area (Å²) < 4.78 is 2.58. The van der Waals surface area contributed by atoms with Crippen LogP contribution in [0.3, 0.4) is 0 Å². The Morgan fingerprint density at radius 2 is 2.00 bits per heavy atom. The number of guanidine groups is 1. The Morgan fingerprint density at radius 3 is 2.69 bits per heavy atom. The Morgan fingerprint density at radius 1 is 1.21 bits per heavy atom. The van der Waals surface area contributed by atoms with E-state index < -0.39 is 6.10 Å². The van der Waals surface area contributed by atoms with Gasteiger partial charge in [0, 0.05) is 29.7 Å². The first-order valence-corrected chi connectivity index (χ1v) is 10.3. The Labute approximate surface area is 197 Å². The van der Waals surface area contributed by atoms with Crippen molar-refractivity contribution < 1.29 is 5.11 Å². The molecule has 2 heterocycles. The van der Waals surface area contributed by atoms with Crippen molar-refractivity contribution in [2.75, 3.05) is 13.1 Å². The molecule has 0 bridgehead atoms. The van der Waals surface area contributed by atoms with Gasteiger partial charge in [0.2, 0.25) is 0 Å². The van der Waals surface area contributed by atoms with Crippen molar-refractivity contribution in [2.24, 2.45) is 4.99 Å². The number of halogens is 2. The molecule has 0 aliphatic heterocycles. The number of aliphatic hydroxyl groups is 1. The number of thiophene rings is 1. The fraction of sp³-hybridized carbons (Fsp3) is 0.300. The number of hydrogen-bond acceptors (Lipinski definition) is 4. The van der Waals surface area contributed by atoms with Crippen LogP contribution in [-0.2, 0) is 13.1 Å². The molecular weight excluding hydrogens is 521 g/mol. The van der Waals surface area contributed by atoms with Crippen LogP contribution in [0, 0.1) is 0 Å². The number of nitrogens with one attached hydrogen (secondary N) is 2. The minimum absolute atomic E-state index is 0. The maximum Gasteiger partial charge on any atom is 0.191 e. The molecule has 6 nitrogen and oxygen atoms in total. The van der Waals surface area contributed by atoms with Crippen molar-refractivity contribution in [3.63, 3.8) is 0 Å². The second-order valence-corrected chi connectivity index (χ2v) is 8.01. The number of aromatic nitrogens is 2. The zero-order valence-corrected chi connectivity index (χ0v) is 20.0. The number of hydrogen-bond donors (Lipinski definition) is 3. The molecule has 0 spiro atoms. The first-order valence-electron chi connectivity index (χ1n) is 9.14. The molecule has 0 saturated heterocycles. The highest BCUT2D eigenvalue weighted by Gasteiger charge is 2.11. The van der Waals surface area contributed by atoms with E-state index in [2.05, 4.69) is 32.9 Å². The second kappa shape index (κ2) is 12.2. The topological polar surface area (TPSA) is 74.5 Å². The zero-order chi connectivity index (χ0) is 19.8. The number of benzene rings is 1. The predicted molar refractivity (Wildman–Crippen MR) is 130 cm³/mol. The molecule has 0 aliphatic carbocycles. The highest BCUT2D eigenvalue weighted by molar-refractivity contribution is 14.0. The van der Waals surface area contributed by atoms with Crippen molar-refractivity contribution in [1.29, 1.82) is 0 Å². The van der Waals surface area contributed by atoms with Crippen molar-refractivity contribution in [2.45, 2.75) is 26.1 Å². The third-order valence-electron chi connectivity index (χ3n) is 4.02. The lowest BCUT2D eigenvalue weighted by atomic mass is 10.2. The van der Waals surface area contributed by atoms with E-state index in [-0.39, 0.29) is 24.0 Å². The van der Waals surface area contributed by atoms with E-state index in [4.69, 9.17) is 11.6 Å². The first kappa shape index (κ1) is 23.7. The van der Waals surface area contributed by atoms with Crippen LogP contribution < -0.4 is 10.6 Å². The predicted octanol–water partition coefficient (Wildman–Crippen LogP) is 4.05. The minimum atomic E-state index is -0.630. The minimum Gasteiger partial charge on any atom is -0.386 e. The molecule has 0 fully saturated rings. The van der Waals surface area contributed by atoms with Gasteiger partial charge >= 0.3 is 0 Å². The average molecular weight is 546 g/mol. The maximum atomic E-state index is 10.3. The van der Waals surface area contributed by atoms with Crippen LogP contribution in [-0.4, -0.2) is 33.9 Å². The lowest BCUT2D eigenvalue weighted by Crippen LogP contribution is -2.39. The summed E-state index contributed by atoms with van der Waals surface area (Å²) in [5.74, 6) is 0.653. The van der Waals surface area contributed by atoms with E-state index in [0.29, 0.717) is 23.4 Å². The normalized spacial score (nSPS) is 12.3. The van der Waals surface area contributed by atoms with Crippen molar-refractivity contribution in [3.8, 4) is 0 Å². The highest BCUT2D eigenvalue weighted by atomic mass is 127. The third kappa shape index (κ3) is 7.61. The van der Waals surface area contributed by atoms with Gasteiger partial charge < -0.3 is 15.7 Å². The molecule has 0 aliphatic rings. The molecule has 2 aromatic heterocycles. The molecule has 0 saturated carbocycles. The Kier molecular flexibility index (Phi) is 9.92. The number of aliphatic imine (C=N–C) groups is 1. The largest absolute Gasteiger partial charge is 0.386 e. The zero-order valence-electron chi connectivity index (χ0n) is 16.1. The van der Waals surface area contributed by atoms with Crippen molar-refractivity contribution in [3.05, 3.63) is 75.2 Å². The molecule has 29 heavy (non-hydrogen) atoms. The molecule has 3 N–H and O–H groups in total. The van der Waals surface area contributed by atoms with Gasteiger partial charge in [0.05, 0.1) is 23.6 Å². The van der Waals surface area contributed by atoms with Gasteiger partial charge in [-0.2, -0.15) is 5.10 Å². The number of aliphatic hydroxyl groups excluding tert-OH is 1. The molecule has 156 valence electrons. The molecule has 1 atom stereocenters. The Balaban J connectivity index is 0.00000300. The van der Waals surface area contributed by atoms with Crippen LogP contribution in [0.15, 0.2) is 59.9 Å². The third-order valence-corrected chi connectivity index (χ3v) is 5.36. The van der Waals surface area contributed by atoms with Gasteiger partial charge in [-0.3, -0.25) is 4.68 Å². The maximum absolute atomic E-state index is 10.3. The van der Waals surface area contributed by atoms with Gasteiger partial charge in [-0.1, -0.05) is 41.9 Å². The van der Waals surface area contributed by atoms with E-state index >= 15 is 0 Å². The quantitative estimate of drug-likeness (QED) is 0.227. The standard InChI is InChI=1S/C20H24ClN5OS.HI/c1-2-22-20(24-12-17(27)18-8-9-19(21)28-18)23-10-16-11-25-26(14-16)13-15-6-4-3-5-7-15;/h3-9,11,14,17,27H,2,10,12-13H2,1H3,(H2,22,23,24);1H. The fourth-order valence-corrected chi connectivity index (χ4v) is 3.71. The molecule has 3 rings (SSSR count). The molecular formula is C20H25ClIN5OS. The van der Waals surface area contributed by atoms with Crippen molar-refractivity contribution >= 4 is 52.9 Å². The smallest absolute Gasteiger partial charge is 0.191 e. The SMILES string of the molecule is CCNC(=NCc1cnn(Cc2ccccc2)c1)NCC(O)c1ccc(Cl)s1.I. The van der Waals surface area contributed by atoms with Crippen LogP contribution in [0.1, 0.15) is 29.0 Å². The van der Waals surface area contributed by atoms with Crippen LogP contribution in [0.2, 0.25) is 4.34 Å². The summed E-state index contributed by atoms with van der Waals surface area (Å²) in [5, 5.41) is 21.0. The van der Waals surface area contributed by atoms with E-state index in [0.717, 1.165) is 23.5 Å². The first-order chi connectivity index (χ1) is 13.6. The monoisotopic (exact) mass is 545 g/mol. The van der Waals surface area contributed by atoms with Crippen LogP contribution in [0.25, 0.3) is 0 Å². The summed E-state index contributed by atoms with van der Waals surface area (Å²) in [5.41, 5.74) is 2.23. The number of rotatable bonds is 8. The molecule has 0 radical (unpaired) electrons. The van der Waals surface area contributed by atoms with E-state index in [1.165, 1.54) is 16.9 Å². The average Bonchev–Trinajstić information content (AvgIpc) is 3.33. The molecule has 3 aromatic rings. The molecule has 1 unspecified atom stereocenters. The van der Waals surface area contributed by atoms with Crippen LogP contribution >= 0.6 is 46.9 Å². The van der Waals surface area contributed by atoms with Gasteiger partial charge in [-0.15, -0.1) is 35.3 Å². The van der Waals surface area contributed by atoms with E-state index in [1.807, 2.05) is 48.3 Å². The summed E-state index contributed by atoms with van der Waals surface area (Å²) in [6.45, 7) is 4.34. The summed E-state index contributed by atoms with van der Waals surface area (Å²) in [7, 11) is 0. The van der Waals surface area contributed by atoms with Gasteiger partial charge in [0.25, 0.3) is 0 Å². The molecule has 1 aromatic carbocycles. The van der Waals surface area contributed by atoms with E-state index in [9.17, 15) is 5.11 Å². The van der Waals surface area contributed by atoms with Crippen molar-refractivity contribution in [1.82, 2.24) is 20.4 Å². The lowest BCUT2D eigenvalue weighted by molar-refractivity contribution is 0.184.